The summed E-state index contributed by atoms with van der Waals surface area (Å²) in [5.74, 6) is -0.837. The van der Waals surface area contributed by atoms with E-state index in [2.05, 4.69) is 20.8 Å². The lowest BCUT2D eigenvalue weighted by atomic mass is 10.0. The molecular formula is C60H116O6. The standard InChI is InChI=1S/C60H116O6/c1-4-7-10-13-16-19-22-24-25-26-27-28-29-30-31-32-33-34-35-36-37-39-41-44-47-50-53-59(62)65-56-57(55-64-58(61)52-49-46-43-40-21-18-15-12-9-6-3)66-60(63)54-51-48-45-42-38-23-20-17-14-11-8-5-2/h57H,4-56H2,1-3H3. The molecule has 0 saturated heterocycles. The van der Waals surface area contributed by atoms with Crippen LogP contribution in [0.1, 0.15) is 348 Å². The molecule has 392 valence electrons. The maximum atomic E-state index is 12.8. The Bertz CT molecular complexity index is 982. The van der Waals surface area contributed by atoms with E-state index in [0.29, 0.717) is 19.3 Å². The van der Waals surface area contributed by atoms with Crippen LogP contribution < -0.4 is 0 Å². The van der Waals surface area contributed by atoms with Crippen molar-refractivity contribution in [1.82, 2.24) is 0 Å². The molecule has 0 aromatic heterocycles. The minimum Gasteiger partial charge on any atom is -0.462 e. The molecule has 0 N–H and O–H groups in total. The monoisotopic (exact) mass is 933 g/mol. The van der Waals surface area contributed by atoms with Crippen LogP contribution in [0.3, 0.4) is 0 Å². The molecular weight excluding hydrogens is 817 g/mol. The van der Waals surface area contributed by atoms with E-state index in [1.54, 1.807) is 0 Å². The number of rotatable bonds is 56. The molecule has 0 amide bonds. The molecule has 0 aliphatic carbocycles. The highest BCUT2D eigenvalue weighted by atomic mass is 16.6. The minimum absolute atomic E-state index is 0.0615. The van der Waals surface area contributed by atoms with Gasteiger partial charge in [0.15, 0.2) is 6.10 Å². The first-order valence-corrected chi connectivity index (χ1v) is 30.0. The van der Waals surface area contributed by atoms with E-state index in [0.717, 1.165) is 57.8 Å². The minimum atomic E-state index is -0.760. The molecule has 0 rings (SSSR count). The highest BCUT2D eigenvalue weighted by Crippen LogP contribution is 2.18. The largest absolute Gasteiger partial charge is 0.462 e. The number of hydrogen-bond acceptors (Lipinski definition) is 6. The van der Waals surface area contributed by atoms with E-state index in [4.69, 9.17) is 14.2 Å². The molecule has 0 radical (unpaired) electrons. The molecule has 0 saturated carbocycles. The fourth-order valence-corrected chi connectivity index (χ4v) is 9.33. The van der Waals surface area contributed by atoms with Crippen molar-refractivity contribution in [1.29, 1.82) is 0 Å². The fourth-order valence-electron chi connectivity index (χ4n) is 9.33. The summed E-state index contributed by atoms with van der Waals surface area (Å²) >= 11 is 0. The van der Waals surface area contributed by atoms with Crippen LogP contribution in [-0.2, 0) is 28.6 Å². The maximum Gasteiger partial charge on any atom is 0.306 e. The molecule has 0 bridgehead atoms. The zero-order valence-electron chi connectivity index (χ0n) is 45.0. The molecule has 0 aliphatic heterocycles. The van der Waals surface area contributed by atoms with Gasteiger partial charge in [-0.1, -0.05) is 310 Å². The summed E-state index contributed by atoms with van der Waals surface area (Å²) in [6.45, 7) is 6.69. The van der Waals surface area contributed by atoms with Crippen molar-refractivity contribution in [3.63, 3.8) is 0 Å². The zero-order chi connectivity index (χ0) is 47.9. The Morgan fingerprint density at radius 1 is 0.242 bits per heavy atom. The second-order valence-corrected chi connectivity index (χ2v) is 20.6. The van der Waals surface area contributed by atoms with Gasteiger partial charge in [-0.3, -0.25) is 14.4 Å². The van der Waals surface area contributed by atoms with Crippen molar-refractivity contribution in [3.8, 4) is 0 Å². The third-order valence-electron chi connectivity index (χ3n) is 13.9. The Balaban J connectivity index is 4.07. The third-order valence-corrected chi connectivity index (χ3v) is 13.9. The molecule has 0 aliphatic rings. The summed E-state index contributed by atoms with van der Waals surface area (Å²) in [6, 6.07) is 0. The second kappa shape index (κ2) is 56.0. The number of unbranched alkanes of at least 4 members (excludes halogenated alkanes) is 45. The quantitative estimate of drug-likeness (QED) is 0.0343. The number of ether oxygens (including phenoxy) is 3. The van der Waals surface area contributed by atoms with Crippen molar-refractivity contribution < 1.29 is 28.6 Å². The average Bonchev–Trinajstić information content (AvgIpc) is 3.31. The highest BCUT2D eigenvalue weighted by molar-refractivity contribution is 5.71. The van der Waals surface area contributed by atoms with Gasteiger partial charge in [0.2, 0.25) is 0 Å². The van der Waals surface area contributed by atoms with E-state index in [9.17, 15) is 14.4 Å². The van der Waals surface area contributed by atoms with Gasteiger partial charge in [-0.05, 0) is 19.3 Å². The van der Waals surface area contributed by atoms with Crippen LogP contribution in [0.4, 0.5) is 0 Å². The Labute approximate surface area is 412 Å². The first-order valence-electron chi connectivity index (χ1n) is 30.0. The molecule has 0 aromatic carbocycles. The summed E-state index contributed by atoms with van der Waals surface area (Å²) in [5.41, 5.74) is 0. The van der Waals surface area contributed by atoms with Crippen LogP contribution >= 0.6 is 0 Å². The topological polar surface area (TPSA) is 78.9 Å². The molecule has 1 unspecified atom stereocenters. The van der Waals surface area contributed by atoms with Crippen LogP contribution in [0.5, 0.6) is 0 Å². The first kappa shape index (κ1) is 64.4. The van der Waals surface area contributed by atoms with Gasteiger partial charge in [0.25, 0.3) is 0 Å². The molecule has 0 heterocycles. The van der Waals surface area contributed by atoms with E-state index in [1.165, 1.54) is 250 Å². The summed E-state index contributed by atoms with van der Waals surface area (Å²) in [6.07, 6.45) is 62.6. The van der Waals surface area contributed by atoms with Crippen molar-refractivity contribution in [2.45, 2.75) is 354 Å². The van der Waals surface area contributed by atoms with Crippen LogP contribution in [0.15, 0.2) is 0 Å². The zero-order valence-corrected chi connectivity index (χ0v) is 45.0. The lowest BCUT2D eigenvalue weighted by molar-refractivity contribution is -0.167. The molecule has 66 heavy (non-hydrogen) atoms. The summed E-state index contributed by atoms with van der Waals surface area (Å²) in [7, 11) is 0. The van der Waals surface area contributed by atoms with Crippen LogP contribution in [-0.4, -0.2) is 37.2 Å². The van der Waals surface area contributed by atoms with E-state index in [-0.39, 0.29) is 31.1 Å². The summed E-state index contributed by atoms with van der Waals surface area (Å²) < 4.78 is 16.8. The normalized spacial score (nSPS) is 11.9. The number of esters is 3. The lowest BCUT2D eigenvalue weighted by Gasteiger charge is -2.18. The third kappa shape index (κ3) is 53.4. The van der Waals surface area contributed by atoms with Crippen LogP contribution in [0.25, 0.3) is 0 Å². The Kier molecular flexibility index (Phi) is 54.7. The maximum absolute atomic E-state index is 12.8. The second-order valence-electron chi connectivity index (χ2n) is 20.6. The highest BCUT2D eigenvalue weighted by Gasteiger charge is 2.19. The van der Waals surface area contributed by atoms with Gasteiger partial charge < -0.3 is 14.2 Å². The van der Waals surface area contributed by atoms with Gasteiger partial charge in [-0.2, -0.15) is 0 Å². The summed E-state index contributed by atoms with van der Waals surface area (Å²) in [5, 5.41) is 0. The van der Waals surface area contributed by atoms with Crippen LogP contribution in [0.2, 0.25) is 0 Å². The lowest BCUT2D eigenvalue weighted by Crippen LogP contribution is -2.30. The molecule has 0 fully saturated rings. The first-order chi connectivity index (χ1) is 32.5. The average molecular weight is 934 g/mol. The molecule has 1 atom stereocenters. The predicted molar refractivity (Wildman–Crippen MR) is 284 cm³/mol. The Morgan fingerprint density at radius 2 is 0.409 bits per heavy atom. The van der Waals surface area contributed by atoms with Crippen LogP contribution in [0, 0.1) is 0 Å². The SMILES string of the molecule is CCCCCCCCCCCCCCCCCCCCCCCCCCCCC(=O)OCC(COC(=O)CCCCCCCCCCCC)OC(=O)CCCCCCCCCCCCCC. The Hall–Kier alpha value is -1.59. The van der Waals surface area contributed by atoms with E-state index >= 15 is 0 Å². The van der Waals surface area contributed by atoms with Crippen molar-refractivity contribution in [2.24, 2.45) is 0 Å². The summed E-state index contributed by atoms with van der Waals surface area (Å²) in [4.78, 5) is 38.0. The molecule has 0 aromatic rings. The molecule has 6 heteroatoms. The van der Waals surface area contributed by atoms with Crippen molar-refractivity contribution >= 4 is 17.9 Å². The number of carbonyl (C=O) groups excluding carboxylic acids is 3. The van der Waals surface area contributed by atoms with Gasteiger partial charge in [-0.15, -0.1) is 0 Å². The Morgan fingerprint density at radius 3 is 0.606 bits per heavy atom. The van der Waals surface area contributed by atoms with Gasteiger partial charge in [-0.25, -0.2) is 0 Å². The predicted octanol–water partition coefficient (Wildman–Crippen LogP) is 19.9. The molecule has 6 nitrogen and oxygen atoms in total. The van der Waals surface area contributed by atoms with E-state index in [1.807, 2.05) is 0 Å². The van der Waals surface area contributed by atoms with Gasteiger partial charge in [0.1, 0.15) is 13.2 Å². The fraction of sp³-hybridized carbons (Fsp3) is 0.950. The van der Waals surface area contributed by atoms with E-state index < -0.39 is 6.10 Å². The smallest absolute Gasteiger partial charge is 0.306 e. The number of hydrogen-bond donors (Lipinski definition) is 0. The molecule has 0 spiro atoms. The van der Waals surface area contributed by atoms with Crippen molar-refractivity contribution in [3.05, 3.63) is 0 Å². The van der Waals surface area contributed by atoms with Gasteiger partial charge in [0.05, 0.1) is 0 Å². The van der Waals surface area contributed by atoms with Gasteiger partial charge in [0, 0.05) is 19.3 Å². The van der Waals surface area contributed by atoms with Gasteiger partial charge >= 0.3 is 17.9 Å². The number of carbonyl (C=O) groups is 3. The van der Waals surface area contributed by atoms with Crippen molar-refractivity contribution in [2.75, 3.05) is 13.2 Å².